The number of carbonyl (C=O) groups excluding carboxylic acids is 1. The predicted molar refractivity (Wildman–Crippen MR) is 93.1 cm³/mol. The molecule has 4 aromatic heterocycles. The lowest BCUT2D eigenvalue weighted by Gasteiger charge is -2.10. The topological polar surface area (TPSA) is 85.1 Å². The van der Waals surface area contributed by atoms with Crippen molar-refractivity contribution in [3.05, 3.63) is 72.6 Å². The standard InChI is InChI=1S/C18H14N6O/c1-12-5-7-19-9-15(12)13-8-14(17-23-21-11-24(17)10-13)18(25)22-16-4-2-3-6-20-16/h2-11H,1H3,(H,20,22,25). The van der Waals surface area contributed by atoms with E-state index in [1.165, 1.54) is 0 Å². The number of nitrogens with zero attached hydrogens (tertiary/aromatic N) is 5. The van der Waals surface area contributed by atoms with E-state index in [0.29, 0.717) is 17.0 Å². The maximum absolute atomic E-state index is 12.7. The molecule has 4 heterocycles. The van der Waals surface area contributed by atoms with E-state index in [2.05, 4.69) is 25.5 Å². The lowest BCUT2D eigenvalue weighted by Crippen LogP contribution is -2.14. The number of nitrogens with one attached hydrogen (secondary N) is 1. The van der Waals surface area contributed by atoms with Gasteiger partial charge in [0, 0.05) is 35.9 Å². The van der Waals surface area contributed by atoms with E-state index >= 15 is 0 Å². The smallest absolute Gasteiger partial charge is 0.260 e. The third-order valence-electron chi connectivity index (χ3n) is 3.89. The largest absolute Gasteiger partial charge is 0.306 e. The van der Waals surface area contributed by atoms with Crippen molar-refractivity contribution in [2.45, 2.75) is 6.92 Å². The number of hydrogen-bond donors (Lipinski definition) is 1. The van der Waals surface area contributed by atoms with Crippen molar-refractivity contribution < 1.29 is 4.79 Å². The van der Waals surface area contributed by atoms with E-state index in [1.807, 2.05) is 25.3 Å². The summed E-state index contributed by atoms with van der Waals surface area (Å²) in [6.07, 6.45) is 8.60. The zero-order valence-corrected chi connectivity index (χ0v) is 13.4. The fourth-order valence-electron chi connectivity index (χ4n) is 2.64. The summed E-state index contributed by atoms with van der Waals surface area (Å²) in [6.45, 7) is 2.00. The molecule has 0 saturated carbocycles. The molecule has 7 nitrogen and oxygen atoms in total. The fraction of sp³-hybridized carbons (Fsp3) is 0.0556. The molecule has 4 aromatic rings. The maximum atomic E-state index is 12.7. The zero-order valence-electron chi connectivity index (χ0n) is 13.4. The van der Waals surface area contributed by atoms with Crippen LogP contribution in [0.1, 0.15) is 15.9 Å². The molecule has 0 aliphatic rings. The molecule has 0 aromatic carbocycles. The van der Waals surface area contributed by atoms with Gasteiger partial charge in [0.15, 0.2) is 5.65 Å². The molecule has 0 bridgehead atoms. The highest BCUT2D eigenvalue weighted by molar-refractivity contribution is 6.08. The highest BCUT2D eigenvalue weighted by Gasteiger charge is 2.16. The quantitative estimate of drug-likeness (QED) is 0.624. The van der Waals surface area contributed by atoms with Crippen molar-refractivity contribution in [3.8, 4) is 11.1 Å². The summed E-state index contributed by atoms with van der Waals surface area (Å²) >= 11 is 0. The minimum Gasteiger partial charge on any atom is -0.306 e. The molecule has 0 atom stereocenters. The van der Waals surface area contributed by atoms with Crippen LogP contribution in [0.4, 0.5) is 5.82 Å². The van der Waals surface area contributed by atoms with E-state index in [4.69, 9.17) is 0 Å². The molecule has 0 fully saturated rings. The van der Waals surface area contributed by atoms with Gasteiger partial charge in [-0.25, -0.2) is 4.98 Å². The van der Waals surface area contributed by atoms with Crippen molar-refractivity contribution in [2.75, 3.05) is 5.32 Å². The number of fused-ring (bicyclic) bond motifs is 1. The minimum absolute atomic E-state index is 0.292. The van der Waals surface area contributed by atoms with Crippen molar-refractivity contribution >= 4 is 17.4 Å². The van der Waals surface area contributed by atoms with Crippen molar-refractivity contribution in [2.24, 2.45) is 0 Å². The maximum Gasteiger partial charge on any atom is 0.260 e. The molecule has 0 spiro atoms. The first-order valence-electron chi connectivity index (χ1n) is 7.69. The Hall–Kier alpha value is -3.61. The van der Waals surface area contributed by atoms with Crippen LogP contribution in [-0.2, 0) is 0 Å². The number of anilines is 1. The molecule has 4 rings (SSSR count). The second kappa shape index (κ2) is 6.12. The first kappa shape index (κ1) is 14.9. The number of rotatable bonds is 3. The van der Waals surface area contributed by atoms with Gasteiger partial charge in [0.25, 0.3) is 5.91 Å². The number of aryl methyl sites for hydroxylation is 1. The summed E-state index contributed by atoms with van der Waals surface area (Å²) in [5.41, 5.74) is 3.79. The van der Waals surface area contributed by atoms with E-state index in [9.17, 15) is 4.79 Å². The van der Waals surface area contributed by atoms with Crippen LogP contribution in [0.5, 0.6) is 0 Å². The number of aromatic nitrogens is 5. The van der Waals surface area contributed by atoms with Crippen LogP contribution < -0.4 is 5.32 Å². The van der Waals surface area contributed by atoms with Gasteiger partial charge in [-0.05, 0) is 36.8 Å². The third kappa shape index (κ3) is 2.83. The lowest BCUT2D eigenvalue weighted by atomic mass is 10.0. The van der Waals surface area contributed by atoms with Crippen molar-refractivity contribution in [1.29, 1.82) is 0 Å². The first-order valence-corrected chi connectivity index (χ1v) is 7.69. The Morgan fingerprint density at radius 3 is 2.92 bits per heavy atom. The van der Waals surface area contributed by atoms with Gasteiger partial charge < -0.3 is 5.32 Å². The van der Waals surface area contributed by atoms with E-state index in [1.54, 1.807) is 47.5 Å². The average molecular weight is 330 g/mol. The summed E-state index contributed by atoms with van der Waals surface area (Å²) in [4.78, 5) is 21.0. The van der Waals surface area contributed by atoms with Gasteiger partial charge in [-0.15, -0.1) is 10.2 Å². The summed E-state index contributed by atoms with van der Waals surface area (Å²) < 4.78 is 1.73. The van der Waals surface area contributed by atoms with Crippen LogP contribution in [0, 0.1) is 6.92 Å². The second-order valence-electron chi connectivity index (χ2n) is 5.56. The van der Waals surface area contributed by atoms with Gasteiger partial charge in [0.1, 0.15) is 12.1 Å². The molecule has 1 amide bonds. The van der Waals surface area contributed by atoms with Gasteiger partial charge in [-0.2, -0.15) is 0 Å². The van der Waals surface area contributed by atoms with E-state index < -0.39 is 0 Å². The molecule has 0 radical (unpaired) electrons. The minimum atomic E-state index is -0.292. The molecule has 25 heavy (non-hydrogen) atoms. The van der Waals surface area contributed by atoms with E-state index in [0.717, 1.165) is 16.7 Å². The Bertz CT molecular complexity index is 1060. The Morgan fingerprint density at radius 1 is 1.20 bits per heavy atom. The lowest BCUT2D eigenvalue weighted by molar-refractivity contribution is 0.102. The summed E-state index contributed by atoms with van der Waals surface area (Å²) in [5.74, 6) is 0.188. The fourth-order valence-corrected chi connectivity index (χ4v) is 2.64. The van der Waals surface area contributed by atoms with Gasteiger partial charge in [-0.3, -0.25) is 14.2 Å². The molecule has 0 aliphatic carbocycles. The van der Waals surface area contributed by atoms with Crippen LogP contribution in [0.2, 0.25) is 0 Å². The van der Waals surface area contributed by atoms with Crippen LogP contribution in [0.25, 0.3) is 16.8 Å². The molecular weight excluding hydrogens is 316 g/mol. The van der Waals surface area contributed by atoms with Crippen LogP contribution in [-0.4, -0.2) is 30.5 Å². The molecule has 0 saturated heterocycles. The van der Waals surface area contributed by atoms with Gasteiger partial charge in [0.2, 0.25) is 0 Å². The monoisotopic (exact) mass is 330 g/mol. The molecule has 1 N–H and O–H groups in total. The number of amides is 1. The van der Waals surface area contributed by atoms with Crippen molar-refractivity contribution in [1.82, 2.24) is 24.6 Å². The Kier molecular flexibility index (Phi) is 3.66. The van der Waals surface area contributed by atoms with Crippen LogP contribution in [0.15, 0.2) is 61.4 Å². The number of carbonyl (C=O) groups is 1. The van der Waals surface area contributed by atoms with Gasteiger partial charge in [0.05, 0.1) is 5.56 Å². The van der Waals surface area contributed by atoms with Gasteiger partial charge in [-0.1, -0.05) is 6.07 Å². The number of pyridine rings is 3. The molecule has 7 heteroatoms. The van der Waals surface area contributed by atoms with Crippen LogP contribution in [0.3, 0.4) is 0 Å². The third-order valence-corrected chi connectivity index (χ3v) is 3.89. The Morgan fingerprint density at radius 2 is 2.12 bits per heavy atom. The zero-order chi connectivity index (χ0) is 17.2. The SMILES string of the molecule is Cc1ccncc1-c1cc(C(=O)Nc2ccccn2)c2nncn2c1. The number of hydrogen-bond acceptors (Lipinski definition) is 5. The van der Waals surface area contributed by atoms with Gasteiger partial charge >= 0.3 is 0 Å². The normalized spacial score (nSPS) is 10.8. The molecule has 122 valence electrons. The Balaban J connectivity index is 1.81. The molecule has 0 unspecified atom stereocenters. The summed E-state index contributed by atoms with van der Waals surface area (Å²) in [5, 5.41) is 10.8. The van der Waals surface area contributed by atoms with E-state index in [-0.39, 0.29) is 5.91 Å². The highest BCUT2D eigenvalue weighted by Crippen LogP contribution is 2.25. The highest BCUT2D eigenvalue weighted by atomic mass is 16.1. The summed E-state index contributed by atoms with van der Waals surface area (Å²) in [7, 11) is 0. The molecule has 0 aliphatic heterocycles. The van der Waals surface area contributed by atoms with Crippen molar-refractivity contribution in [3.63, 3.8) is 0 Å². The average Bonchev–Trinajstić information content (AvgIpc) is 3.10. The molecular formula is C18H14N6O. The second-order valence-corrected chi connectivity index (χ2v) is 5.56. The predicted octanol–water partition coefficient (Wildman–Crippen LogP) is 2.75. The summed E-state index contributed by atoms with van der Waals surface area (Å²) in [6, 6.07) is 9.06. The first-order chi connectivity index (χ1) is 12.2. The Labute approximate surface area is 143 Å². The van der Waals surface area contributed by atoms with Crippen LogP contribution >= 0.6 is 0 Å².